The fourth-order valence-corrected chi connectivity index (χ4v) is 3.38. The molecule has 1 aromatic heterocycles. The van der Waals surface area contributed by atoms with E-state index >= 15 is 0 Å². The zero-order chi connectivity index (χ0) is 15.4. The lowest BCUT2D eigenvalue weighted by Gasteiger charge is -2.38. The molecule has 0 unspecified atom stereocenters. The standard InChI is InChI=1S/C15H21N3O3S/c1-19-13-4-3-12(11-16-13)17-14(22-2)18-7-5-15(6-8-18)20-9-10-21-15/h3-4,11H,5-10H2,1-2H3. The molecular formula is C15H21N3O3S. The van der Waals surface area contributed by atoms with Gasteiger partial charge in [-0.1, -0.05) is 11.8 Å². The zero-order valence-electron chi connectivity index (χ0n) is 12.9. The molecule has 3 heterocycles. The van der Waals surface area contributed by atoms with Crippen LogP contribution < -0.4 is 4.74 Å². The minimum atomic E-state index is -0.346. The van der Waals surface area contributed by atoms with Crippen molar-refractivity contribution in [1.82, 2.24) is 9.88 Å². The Labute approximate surface area is 134 Å². The average molecular weight is 323 g/mol. The molecule has 0 saturated carbocycles. The maximum Gasteiger partial charge on any atom is 0.213 e. The van der Waals surface area contributed by atoms with Gasteiger partial charge >= 0.3 is 0 Å². The molecule has 0 atom stereocenters. The van der Waals surface area contributed by atoms with Crippen molar-refractivity contribution in [2.24, 2.45) is 4.99 Å². The molecule has 0 radical (unpaired) electrons. The number of aromatic nitrogens is 1. The number of rotatable bonds is 2. The molecule has 120 valence electrons. The van der Waals surface area contributed by atoms with Gasteiger partial charge in [0.1, 0.15) is 0 Å². The smallest absolute Gasteiger partial charge is 0.213 e. The van der Waals surface area contributed by atoms with Gasteiger partial charge in [-0.15, -0.1) is 0 Å². The third-order valence-corrected chi connectivity index (χ3v) is 4.66. The van der Waals surface area contributed by atoms with Crippen molar-refractivity contribution in [1.29, 1.82) is 0 Å². The van der Waals surface area contributed by atoms with Crippen LogP contribution in [0.3, 0.4) is 0 Å². The molecule has 0 amide bonds. The lowest BCUT2D eigenvalue weighted by molar-refractivity contribution is -0.180. The van der Waals surface area contributed by atoms with Crippen molar-refractivity contribution >= 4 is 22.6 Å². The van der Waals surface area contributed by atoms with E-state index in [1.165, 1.54) is 0 Å². The normalized spacial score (nSPS) is 21.4. The van der Waals surface area contributed by atoms with Crippen LogP contribution in [0.1, 0.15) is 12.8 Å². The Morgan fingerprint density at radius 1 is 1.32 bits per heavy atom. The highest BCUT2D eigenvalue weighted by Crippen LogP contribution is 2.32. The fourth-order valence-electron chi connectivity index (χ4n) is 2.74. The molecule has 2 fully saturated rings. The Morgan fingerprint density at radius 3 is 2.59 bits per heavy atom. The number of nitrogens with zero attached hydrogens (tertiary/aromatic N) is 3. The second-order valence-electron chi connectivity index (χ2n) is 5.25. The van der Waals surface area contributed by atoms with Crippen LogP contribution in [0.2, 0.25) is 0 Å². The monoisotopic (exact) mass is 323 g/mol. The second-order valence-corrected chi connectivity index (χ2v) is 6.03. The quantitative estimate of drug-likeness (QED) is 0.615. The number of methoxy groups -OCH3 is 1. The summed E-state index contributed by atoms with van der Waals surface area (Å²) in [5.74, 6) is 0.252. The van der Waals surface area contributed by atoms with E-state index in [0.717, 1.165) is 36.8 Å². The molecule has 1 aromatic rings. The number of pyridine rings is 1. The number of likely N-dealkylation sites (tertiary alicyclic amines) is 1. The van der Waals surface area contributed by atoms with Crippen LogP contribution in [0.4, 0.5) is 5.69 Å². The number of amidine groups is 1. The van der Waals surface area contributed by atoms with Crippen molar-refractivity contribution in [2.45, 2.75) is 18.6 Å². The Morgan fingerprint density at radius 2 is 2.05 bits per heavy atom. The highest BCUT2D eigenvalue weighted by Gasteiger charge is 2.40. The molecule has 0 N–H and O–H groups in total. The first kappa shape index (κ1) is 15.6. The third-order valence-electron chi connectivity index (χ3n) is 3.95. The van der Waals surface area contributed by atoms with Gasteiger partial charge in [-0.25, -0.2) is 9.98 Å². The van der Waals surface area contributed by atoms with Crippen LogP contribution in [0.5, 0.6) is 5.88 Å². The maximum absolute atomic E-state index is 5.77. The van der Waals surface area contributed by atoms with E-state index in [1.807, 2.05) is 18.4 Å². The molecule has 0 aromatic carbocycles. The Bertz CT molecular complexity index is 519. The largest absolute Gasteiger partial charge is 0.481 e. The summed E-state index contributed by atoms with van der Waals surface area (Å²) in [5, 5.41) is 1.000. The van der Waals surface area contributed by atoms with Gasteiger partial charge in [-0.05, 0) is 12.3 Å². The van der Waals surface area contributed by atoms with Crippen molar-refractivity contribution in [3.8, 4) is 5.88 Å². The summed E-state index contributed by atoms with van der Waals surface area (Å²) in [5.41, 5.74) is 0.832. The summed E-state index contributed by atoms with van der Waals surface area (Å²) in [4.78, 5) is 11.2. The highest BCUT2D eigenvalue weighted by atomic mass is 32.2. The lowest BCUT2D eigenvalue weighted by Crippen LogP contribution is -2.46. The molecule has 1 spiro atoms. The van der Waals surface area contributed by atoms with E-state index in [0.29, 0.717) is 19.1 Å². The summed E-state index contributed by atoms with van der Waals surface area (Å²) in [6, 6.07) is 3.73. The van der Waals surface area contributed by atoms with Gasteiger partial charge in [0, 0.05) is 32.0 Å². The SMILES string of the molecule is COc1ccc(N=C(SC)N2CCC3(CC2)OCCO3)cn1. The molecule has 22 heavy (non-hydrogen) atoms. The first-order chi connectivity index (χ1) is 10.7. The zero-order valence-corrected chi connectivity index (χ0v) is 13.8. The number of hydrogen-bond acceptors (Lipinski definition) is 6. The molecule has 2 saturated heterocycles. The lowest BCUT2D eigenvalue weighted by atomic mass is 10.0. The molecule has 2 aliphatic heterocycles. The van der Waals surface area contributed by atoms with Crippen LogP contribution in [-0.2, 0) is 9.47 Å². The van der Waals surface area contributed by atoms with E-state index in [1.54, 1.807) is 25.1 Å². The van der Waals surface area contributed by atoms with Gasteiger partial charge < -0.3 is 19.1 Å². The molecule has 7 heteroatoms. The number of hydrogen-bond donors (Lipinski definition) is 0. The summed E-state index contributed by atoms with van der Waals surface area (Å²) in [6.45, 7) is 3.20. The van der Waals surface area contributed by atoms with Crippen LogP contribution in [0.25, 0.3) is 0 Å². The van der Waals surface area contributed by atoms with Crippen LogP contribution >= 0.6 is 11.8 Å². The highest BCUT2D eigenvalue weighted by molar-refractivity contribution is 8.13. The number of ether oxygens (including phenoxy) is 3. The van der Waals surface area contributed by atoms with Gasteiger partial charge in [-0.2, -0.15) is 0 Å². The summed E-state index contributed by atoms with van der Waals surface area (Å²) in [7, 11) is 1.61. The van der Waals surface area contributed by atoms with E-state index < -0.39 is 0 Å². The first-order valence-electron chi connectivity index (χ1n) is 7.40. The summed E-state index contributed by atoms with van der Waals surface area (Å²) < 4.78 is 16.6. The number of aliphatic imine (C=N–C) groups is 1. The van der Waals surface area contributed by atoms with Crippen LogP contribution in [0.15, 0.2) is 23.3 Å². The van der Waals surface area contributed by atoms with Crippen LogP contribution in [0, 0.1) is 0 Å². The second kappa shape index (κ2) is 6.85. The van der Waals surface area contributed by atoms with E-state index in [4.69, 9.17) is 19.2 Å². The summed E-state index contributed by atoms with van der Waals surface area (Å²) in [6.07, 6.45) is 5.54. The predicted octanol–water partition coefficient (Wildman–Crippen LogP) is 2.28. The van der Waals surface area contributed by atoms with Gasteiger partial charge in [0.05, 0.1) is 32.2 Å². The van der Waals surface area contributed by atoms with Gasteiger partial charge in [0.2, 0.25) is 5.88 Å². The maximum atomic E-state index is 5.77. The van der Waals surface area contributed by atoms with Crippen molar-refractivity contribution in [3.63, 3.8) is 0 Å². The van der Waals surface area contributed by atoms with E-state index in [2.05, 4.69) is 9.88 Å². The minimum absolute atomic E-state index is 0.346. The van der Waals surface area contributed by atoms with E-state index in [-0.39, 0.29) is 5.79 Å². The molecule has 3 rings (SSSR count). The average Bonchev–Trinajstić information content (AvgIpc) is 3.02. The van der Waals surface area contributed by atoms with Gasteiger partial charge in [-0.3, -0.25) is 0 Å². The third kappa shape index (κ3) is 3.37. The molecule has 6 nitrogen and oxygen atoms in total. The minimum Gasteiger partial charge on any atom is -0.481 e. The van der Waals surface area contributed by atoms with Gasteiger partial charge in [0.15, 0.2) is 11.0 Å². The van der Waals surface area contributed by atoms with E-state index in [9.17, 15) is 0 Å². The number of thioether (sulfide) groups is 1. The topological polar surface area (TPSA) is 56.2 Å². The van der Waals surface area contributed by atoms with Gasteiger partial charge in [0.25, 0.3) is 0 Å². The van der Waals surface area contributed by atoms with Crippen molar-refractivity contribution in [3.05, 3.63) is 18.3 Å². The molecule has 0 bridgehead atoms. The Kier molecular flexibility index (Phi) is 4.85. The molecule has 0 aliphatic carbocycles. The summed E-state index contributed by atoms with van der Waals surface area (Å²) >= 11 is 1.65. The molecular weight excluding hydrogens is 302 g/mol. The van der Waals surface area contributed by atoms with Crippen LogP contribution in [-0.4, -0.2) is 60.5 Å². The predicted molar refractivity (Wildman–Crippen MR) is 86.8 cm³/mol. The Balaban J connectivity index is 1.67. The molecule has 2 aliphatic rings. The van der Waals surface area contributed by atoms with Crippen molar-refractivity contribution in [2.75, 3.05) is 39.7 Å². The first-order valence-corrected chi connectivity index (χ1v) is 8.63. The Hall–Kier alpha value is -1.31. The fraction of sp³-hybridized carbons (Fsp3) is 0.600. The number of piperidine rings is 1. The van der Waals surface area contributed by atoms with Crippen molar-refractivity contribution < 1.29 is 14.2 Å².